The fourth-order valence-corrected chi connectivity index (χ4v) is 0.802. The van der Waals surface area contributed by atoms with Gasteiger partial charge in [0.1, 0.15) is 0 Å². The van der Waals surface area contributed by atoms with Crippen molar-refractivity contribution in [1.82, 2.24) is 15.5 Å². The zero-order valence-electron chi connectivity index (χ0n) is 8.87. The maximum atomic E-state index is 11.1. The van der Waals surface area contributed by atoms with Crippen LogP contribution in [0.15, 0.2) is 0 Å². The van der Waals surface area contributed by atoms with E-state index >= 15 is 0 Å². The Morgan fingerprint density at radius 1 is 1.27 bits per heavy atom. The Morgan fingerprint density at radius 3 is 2.33 bits per heavy atom. The second-order valence-corrected chi connectivity index (χ2v) is 3.13. The molecule has 86 valence electrons. The molecule has 0 saturated heterocycles. The highest BCUT2D eigenvalue weighted by atomic mass is 16.2. The first-order valence-electron chi connectivity index (χ1n) is 4.43. The number of amides is 4. The van der Waals surface area contributed by atoms with Crippen LogP contribution in [0.3, 0.4) is 0 Å². The van der Waals surface area contributed by atoms with E-state index in [9.17, 15) is 14.4 Å². The predicted molar refractivity (Wildman–Crippen MR) is 53.9 cm³/mol. The molecule has 0 saturated carbocycles. The Bertz CT molecular complexity index is 252. The van der Waals surface area contributed by atoms with Crippen LogP contribution in [-0.2, 0) is 9.59 Å². The van der Waals surface area contributed by atoms with Gasteiger partial charge in [-0.2, -0.15) is 0 Å². The van der Waals surface area contributed by atoms with E-state index in [1.807, 2.05) is 5.32 Å². The maximum absolute atomic E-state index is 11.1. The standard InChI is InChI=1S/C8H16N4O3/c1-12(2)7(14)3-4-10-5-6(13)11-8(9)15/h10H,3-5H2,1-2H3,(H3,9,11,13,15). The number of rotatable bonds is 5. The lowest BCUT2D eigenvalue weighted by molar-refractivity contribution is -0.128. The van der Waals surface area contributed by atoms with Gasteiger partial charge in [-0.15, -0.1) is 0 Å². The third-order valence-corrected chi connectivity index (χ3v) is 1.56. The molecule has 0 radical (unpaired) electrons. The number of urea groups is 1. The van der Waals surface area contributed by atoms with Crippen LogP contribution in [0.25, 0.3) is 0 Å². The fourth-order valence-electron chi connectivity index (χ4n) is 0.802. The summed E-state index contributed by atoms with van der Waals surface area (Å²) < 4.78 is 0. The number of nitrogens with two attached hydrogens (primary N) is 1. The minimum absolute atomic E-state index is 0.0298. The van der Waals surface area contributed by atoms with E-state index in [2.05, 4.69) is 5.32 Å². The smallest absolute Gasteiger partial charge is 0.318 e. The van der Waals surface area contributed by atoms with Gasteiger partial charge in [-0.25, -0.2) is 4.79 Å². The Labute approximate surface area is 88.0 Å². The quantitative estimate of drug-likeness (QED) is 0.474. The first-order valence-corrected chi connectivity index (χ1v) is 4.43. The molecule has 0 spiro atoms. The van der Waals surface area contributed by atoms with Gasteiger partial charge in [-0.1, -0.05) is 0 Å². The van der Waals surface area contributed by atoms with Crippen LogP contribution >= 0.6 is 0 Å². The number of nitrogens with one attached hydrogen (secondary N) is 2. The number of hydrogen-bond acceptors (Lipinski definition) is 4. The van der Waals surface area contributed by atoms with E-state index in [1.165, 1.54) is 4.90 Å². The van der Waals surface area contributed by atoms with E-state index < -0.39 is 11.9 Å². The van der Waals surface area contributed by atoms with Gasteiger partial charge in [-0.3, -0.25) is 14.9 Å². The second kappa shape index (κ2) is 6.77. The van der Waals surface area contributed by atoms with Crippen molar-refractivity contribution in [1.29, 1.82) is 0 Å². The SMILES string of the molecule is CN(C)C(=O)CCNCC(=O)NC(N)=O. The summed E-state index contributed by atoms with van der Waals surface area (Å²) >= 11 is 0. The Kier molecular flexibility index (Phi) is 6.03. The summed E-state index contributed by atoms with van der Waals surface area (Å²) in [6.45, 7) is 0.340. The summed E-state index contributed by atoms with van der Waals surface area (Å²) in [5, 5.41) is 4.60. The van der Waals surface area contributed by atoms with Crippen molar-refractivity contribution >= 4 is 17.8 Å². The molecule has 7 heteroatoms. The maximum Gasteiger partial charge on any atom is 0.318 e. The van der Waals surface area contributed by atoms with Crippen molar-refractivity contribution in [3.05, 3.63) is 0 Å². The summed E-state index contributed by atoms with van der Waals surface area (Å²) in [7, 11) is 3.31. The van der Waals surface area contributed by atoms with Gasteiger partial charge in [0.15, 0.2) is 0 Å². The molecule has 0 unspecified atom stereocenters. The van der Waals surface area contributed by atoms with Crippen LogP contribution in [0.4, 0.5) is 4.79 Å². The first-order chi connectivity index (χ1) is 6.93. The molecule has 0 fully saturated rings. The van der Waals surface area contributed by atoms with Crippen molar-refractivity contribution in [3.63, 3.8) is 0 Å². The minimum Gasteiger partial charge on any atom is -0.351 e. The molecular formula is C8H16N4O3. The molecule has 0 aromatic rings. The number of imide groups is 1. The summed E-state index contributed by atoms with van der Waals surface area (Å²) in [4.78, 5) is 33.6. The lowest BCUT2D eigenvalue weighted by atomic mass is 10.4. The molecule has 0 rings (SSSR count). The van der Waals surface area contributed by atoms with Gasteiger partial charge in [0.2, 0.25) is 11.8 Å². The number of nitrogens with zero attached hydrogens (tertiary/aromatic N) is 1. The van der Waals surface area contributed by atoms with Crippen LogP contribution < -0.4 is 16.4 Å². The minimum atomic E-state index is -0.883. The third-order valence-electron chi connectivity index (χ3n) is 1.56. The lowest BCUT2D eigenvalue weighted by Gasteiger charge is -2.10. The van der Waals surface area contributed by atoms with Crippen molar-refractivity contribution in [3.8, 4) is 0 Å². The molecule has 0 aromatic carbocycles. The van der Waals surface area contributed by atoms with Gasteiger partial charge in [-0.05, 0) is 0 Å². The molecule has 0 aliphatic heterocycles. The number of carbonyl (C=O) groups excluding carboxylic acids is 3. The summed E-state index contributed by atoms with van der Waals surface area (Å²) in [6.07, 6.45) is 0.302. The van der Waals surface area contributed by atoms with Crippen molar-refractivity contribution in [2.45, 2.75) is 6.42 Å². The molecule has 4 amide bonds. The normalized spacial score (nSPS) is 9.47. The number of carbonyl (C=O) groups is 3. The van der Waals surface area contributed by atoms with E-state index in [1.54, 1.807) is 14.1 Å². The summed E-state index contributed by atoms with van der Waals surface area (Å²) in [6, 6.07) is -0.883. The van der Waals surface area contributed by atoms with Gasteiger partial charge in [0.25, 0.3) is 0 Å². The molecule has 4 N–H and O–H groups in total. The van der Waals surface area contributed by atoms with E-state index in [-0.39, 0.29) is 12.5 Å². The van der Waals surface area contributed by atoms with Crippen molar-refractivity contribution in [2.24, 2.45) is 5.73 Å². The topological polar surface area (TPSA) is 105 Å². The monoisotopic (exact) mass is 216 g/mol. The highest BCUT2D eigenvalue weighted by Crippen LogP contribution is 1.84. The largest absolute Gasteiger partial charge is 0.351 e. The van der Waals surface area contributed by atoms with Crippen LogP contribution in [0.2, 0.25) is 0 Å². The molecule has 0 heterocycles. The summed E-state index contributed by atoms with van der Waals surface area (Å²) in [5.41, 5.74) is 4.73. The lowest BCUT2D eigenvalue weighted by Crippen LogP contribution is -2.41. The van der Waals surface area contributed by atoms with Crippen molar-refractivity contribution in [2.75, 3.05) is 27.2 Å². The van der Waals surface area contributed by atoms with E-state index in [0.29, 0.717) is 13.0 Å². The number of hydrogen-bond donors (Lipinski definition) is 3. The number of primary amides is 1. The molecule has 0 atom stereocenters. The van der Waals surface area contributed by atoms with E-state index in [4.69, 9.17) is 5.73 Å². The predicted octanol–water partition coefficient (Wildman–Crippen LogP) is -1.75. The second-order valence-electron chi connectivity index (χ2n) is 3.13. The zero-order valence-corrected chi connectivity index (χ0v) is 8.87. The molecule has 0 bridgehead atoms. The molecule has 7 nitrogen and oxygen atoms in total. The Morgan fingerprint density at radius 2 is 1.87 bits per heavy atom. The van der Waals surface area contributed by atoms with Crippen LogP contribution in [0, 0.1) is 0 Å². The van der Waals surface area contributed by atoms with Crippen LogP contribution in [0.1, 0.15) is 6.42 Å². The fraction of sp³-hybridized carbons (Fsp3) is 0.625. The van der Waals surface area contributed by atoms with E-state index in [0.717, 1.165) is 0 Å². The Balaban J connectivity index is 3.50. The molecule has 15 heavy (non-hydrogen) atoms. The average Bonchev–Trinajstić information content (AvgIpc) is 2.10. The average molecular weight is 216 g/mol. The van der Waals surface area contributed by atoms with Gasteiger partial charge in [0.05, 0.1) is 6.54 Å². The van der Waals surface area contributed by atoms with Crippen LogP contribution in [0.5, 0.6) is 0 Å². The van der Waals surface area contributed by atoms with Gasteiger partial charge >= 0.3 is 6.03 Å². The van der Waals surface area contributed by atoms with Gasteiger partial charge in [0, 0.05) is 27.1 Å². The first kappa shape index (κ1) is 13.4. The summed E-state index contributed by atoms with van der Waals surface area (Å²) in [5.74, 6) is -0.544. The van der Waals surface area contributed by atoms with Gasteiger partial charge < -0.3 is 16.0 Å². The van der Waals surface area contributed by atoms with Crippen LogP contribution in [-0.4, -0.2) is 49.9 Å². The molecular weight excluding hydrogens is 200 g/mol. The zero-order chi connectivity index (χ0) is 11.8. The molecule has 0 aliphatic carbocycles. The molecule has 0 aliphatic rings. The Hall–Kier alpha value is -1.63. The molecule has 0 aromatic heterocycles. The van der Waals surface area contributed by atoms with Crippen molar-refractivity contribution < 1.29 is 14.4 Å². The third kappa shape index (κ3) is 7.44. The highest BCUT2D eigenvalue weighted by molar-refractivity contribution is 5.94. The highest BCUT2D eigenvalue weighted by Gasteiger charge is 2.05.